The van der Waals surface area contributed by atoms with Crippen LogP contribution < -0.4 is 5.32 Å². The van der Waals surface area contributed by atoms with Gasteiger partial charge in [-0.15, -0.1) is 0 Å². The predicted octanol–water partition coefficient (Wildman–Crippen LogP) is 2.25. The zero-order chi connectivity index (χ0) is 10.4. The molecule has 1 rings (SSSR count). The molecule has 0 amide bonds. The molecule has 1 saturated heterocycles. The van der Waals surface area contributed by atoms with Crippen LogP contribution in [0.3, 0.4) is 0 Å². The lowest BCUT2D eigenvalue weighted by molar-refractivity contribution is 0.167. The van der Waals surface area contributed by atoms with E-state index in [4.69, 9.17) is 0 Å². The molecular formula is C12H26N2. The Labute approximate surface area is 89.1 Å². The Kier molecular flexibility index (Phi) is 5.49. The van der Waals surface area contributed by atoms with Crippen molar-refractivity contribution in [3.63, 3.8) is 0 Å². The highest BCUT2D eigenvalue weighted by molar-refractivity contribution is 4.82. The topological polar surface area (TPSA) is 15.3 Å². The van der Waals surface area contributed by atoms with E-state index in [-0.39, 0.29) is 0 Å². The smallest absolute Gasteiger partial charge is 0.0232 e. The molecule has 0 aromatic carbocycles. The average Bonchev–Trinajstić information content (AvgIpc) is 2.71. The summed E-state index contributed by atoms with van der Waals surface area (Å²) in [5.74, 6) is 0. The Morgan fingerprint density at radius 3 is 2.71 bits per heavy atom. The van der Waals surface area contributed by atoms with Crippen molar-refractivity contribution < 1.29 is 0 Å². The molecule has 0 aliphatic carbocycles. The molecule has 1 heterocycles. The number of hydrogen-bond donors (Lipinski definition) is 1. The number of hydrogen-bond acceptors (Lipinski definition) is 2. The van der Waals surface area contributed by atoms with Crippen LogP contribution in [0.2, 0.25) is 0 Å². The fourth-order valence-electron chi connectivity index (χ4n) is 2.42. The van der Waals surface area contributed by atoms with Crippen molar-refractivity contribution in [2.45, 2.75) is 58.0 Å². The maximum atomic E-state index is 3.45. The number of nitrogens with zero attached hydrogens (tertiary/aromatic N) is 1. The van der Waals surface area contributed by atoms with Crippen molar-refractivity contribution >= 4 is 0 Å². The van der Waals surface area contributed by atoms with Gasteiger partial charge >= 0.3 is 0 Å². The van der Waals surface area contributed by atoms with Gasteiger partial charge in [0.15, 0.2) is 0 Å². The second-order valence-electron chi connectivity index (χ2n) is 4.52. The molecule has 0 radical (unpaired) electrons. The maximum absolute atomic E-state index is 3.45. The Bertz CT molecular complexity index is 141. The minimum Gasteiger partial charge on any atom is -0.315 e. The molecular weight excluding hydrogens is 172 g/mol. The summed E-state index contributed by atoms with van der Waals surface area (Å²) in [7, 11) is 2.31. The molecule has 0 aromatic rings. The van der Waals surface area contributed by atoms with Crippen molar-refractivity contribution in [1.82, 2.24) is 10.2 Å². The molecule has 84 valence electrons. The van der Waals surface area contributed by atoms with Crippen molar-refractivity contribution in [2.24, 2.45) is 0 Å². The third-order valence-electron chi connectivity index (χ3n) is 3.55. The predicted molar refractivity (Wildman–Crippen MR) is 62.6 cm³/mol. The highest BCUT2D eigenvalue weighted by atomic mass is 15.2. The Balaban J connectivity index is 2.33. The molecule has 2 atom stereocenters. The third-order valence-corrected chi connectivity index (χ3v) is 3.55. The second-order valence-corrected chi connectivity index (χ2v) is 4.52. The standard InChI is InChI=1S/C12H26N2/c1-4-6-7-11(5-2)14(3)12-8-9-13-10-12/h11-13H,4-10H2,1-3H3. The van der Waals surface area contributed by atoms with E-state index >= 15 is 0 Å². The van der Waals surface area contributed by atoms with Crippen LogP contribution in [0.25, 0.3) is 0 Å². The quantitative estimate of drug-likeness (QED) is 0.704. The molecule has 0 aromatic heterocycles. The molecule has 14 heavy (non-hydrogen) atoms. The van der Waals surface area contributed by atoms with Gasteiger partial charge < -0.3 is 5.32 Å². The molecule has 1 fully saturated rings. The number of likely N-dealkylation sites (N-methyl/N-ethyl adjacent to an activating group) is 1. The molecule has 2 heteroatoms. The van der Waals surface area contributed by atoms with Gasteiger partial charge in [-0.05, 0) is 32.9 Å². The van der Waals surface area contributed by atoms with Crippen LogP contribution in [0.15, 0.2) is 0 Å². The number of unbranched alkanes of at least 4 members (excludes halogenated alkanes) is 1. The summed E-state index contributed by atoms with van der Waals surface area (Å²) in [6.45, 7) is 7.00. The van der Waals surface area contributed by atoms with Crippen LogP contribution in [-0.4, -0.2) is 37.1 Å². The van der Waals surface area contributed by atoms with Crippen molar-refractivity contribution in [3.8, 4) is 0 Å². The lowest BCUT2D eigenvalue weighted by atomic mass is 10.0. The summed E-state index contributed by atoms with van der Waals surface area (Å²) in [6, 6.07) is 1.59. The Morgan fingerprint density at radius 2 is 2.21 bits per heavy atom. The summed E-state index contributed by atoms with van der Waals surface area (Å²) in [5, 5.41) is 3.45. The van der Waals surface area contributed by atoms with Gasteiger partial charge in [-0.2, -0.15) is 0 Å². The van der Waals surface area contributed by atoms with Crippen LogP contribution in [0.4, 0.5) is 0 Å². The molecule has 0 bridgehead atoms. The van der Waals surface area contributed by atoms with Crippen LogP contribution in [-0.2, 0) is 0 Å². The first-order valence-electron chi connectivity index (χ1n) is 6.22. The van der Waals surface area contributed by atoms with E-state index < -0.39 is 0 Å². The number of nitrogens with one attached hydrogen (secondary N) is 1. The largest absolute Gasteiger partial charge is 0.315 e. The molecule has 2 unspecified atom stereocenters. The zero-order valence-electron chi connectivity index (χ0n) is 10.1. The van der Waals surface area contributed by atoms with E-state index in [0.29, 0.717) is 0 Å². The SMILES string of the molecule is CCCCC(CC)N(C)C1CCNC1. The average molecular weight is 198 g/mol. The lowest BCUT2D eigenvalue weighted by Crippen LogP contribution is -2.41. The normalized spacial score (nSPS) is 24.4. The van der Waals surface area contributed by atoms with Crippen LogP contribution in [0.1, 0.15) is 46.0 Å². The third kappa shape index (κ3) is 3.25. The fourth-order valence-corrected chi connectivity index (χ4v) is 2.42. The minimum absolute atomic E-state index is 0.789. The van der Waals surface area contributed by atoms with Crippen LogP contribution in [0.5, 0.6) is 0 Å². The van der Waals surface area contributed by atoms with E-state index in [2.05, 4.69) is 31.1 Å². The molecule has 0 spiro atoms. The van der Waals surface area contributed by atoms with E-state index in [1.807, 2.05) is 0 Å². The molecule has 0 saturated carbocycles. The van der Waals surface area contributed by atoms with E-state index in [1.54, 1.807) is 0 Å². The summed E-state index contributed by atoms with van der Waals surface area (Å²) in [4.78, 5) is 2.61. The molecule has 2 nitrogen and oxygen atoms in total. The van der Waals surface area contributed by atoms with Gasteiger partial charge in [0, 0.05) is 18.6 Å². The zero-order valence-corrected chi connectivity index (χ0v) is 10.1. The van der Waals surface area contributed by atoms with Crippen LogP contribution in [0, 0.1) is 0 Å². The van der Waals surface area contributed by atoms with Gasteiger partial charge in [-0.25, -0.2) is 0 Å². The fraction of sp³-hybridized carbons (Fsp3) is 1.00. The minimum atomic E-state index is 0.789. The Hall–Kier alpha value is -0.0800. The van der Waals surface area contributed by atoms with Crippen LogP contribution >= 0.6 is 0 Å². The summed E-state index contributed by atoms with van der Waals surface area (Å²) < 4.78 is 0. The highest BCUT2D eigenvalue weighted by Crippen LogP contribution is 2.16. The van der Waals surface area contributed by atoms with Crippen molar-refractivity contribution in [1.29, 1.82) is 0 Å². The first kappa shape index (κ1) is 12.0. The van der Waals surface area contributed by atoms with Gasteiger partial charge in [-0.3, -0.25) is 4.90 Å². The maximum Gasteiger partial charge on any atom is 0.0232 e. The van der Waals surface area contributed by atoms with E-state index in [0.717, 1.165) is 12.1 Å². The summed E-state index contributed by atoms with van der Waals surface area (Å²) in [6.07, 6.45) is 6.71. The van der Waals surface area contributed by atoms with Gasteiger partial charge in [0.1, 0.15) is 0 Å². The van der Waals surface area contributed by atoms with E-state index in [9.17, 15) is 0 Å². The molecule has 1 aliphatic heterocycles. The Morgan fingerprint density at radius 1 is 1.43 bits per heavy atom. The second kappa shape index (κ2) is 6.41. The van der Waals surface area contributed by atoms with Gasteiger partial charge in [0.25, 0.3) is 0 Å². The van der Waals surface area contributed by atoms with Gasteiger partial charge in [0.2, 0.25) is 0 Å². The van der Waals surface area contributed by atoms with E-state index in [1.165, 1.54) is 45.2 Å². The monoisotopic (exact) mass is 198 g/mol. The van der Waals surface area contributed by atoms with Gasteiger partial charge in [-0.1, -0.05) is 26.7 Å². The first-order valence-corrected chi connectivity index (χ1v) is 6.22. The highest BCUT2D eigenvalue weighted by Gasteiger charge is 2.23. The summed E-state index contributed by atoms with van der Waals surface area (Å²) in [5.41, 5.74) is 0. The summed E-state index contributed by atoms with van der Waals surface area (Å²) >= 11 is 0. The molecule has 1 N–H and O–H groups in total. The van der Waals surface area contributed by atoms with Gasteiger partial charge in [0.05, 0.1) is 0 Å². The molecule has 1 aliphatic rings. The van der Waals surface area contributed by atoms with Crippen molar-refractivity contribution in [3.05, 3.63) is 0 Å². The first-order chi connectivity index (χ1) is 6.79. The van der Waals surface area contributed by atoms with Crippen molar-refractivity contribution in [2.75, 3.05) is 20.1 Å². The lowest BCUT2D eigenvalue weighted by Gasteiger charge is -2.32. The number of rotatable bonds is 6.